The number of nitrogens with one attached hydrogen (secondary N) is 1. The number of thioether (sulfide) groups is 1. The van der Waals surface area contributed by atoms with Crippen molar-refractivity contribution in [2.24, 2.45) is 5.92 Å². The van der Waals surface area contributed by atoms with Gasteiger partial charge in [-0.2, -0.15) is 11.8 Å². The van der Waals surface area contributed by atoms with Gasteiger partial charge in [0, 0.05) is 35.5 Å². The van der Waals surface area contributed by atoms with Crippen LogP contribution in [0, 0.1) is 11.7 Å². The third-order valence-corrected chi connectivity index (χ3v) is 6.25. The first-order chi connectivity index (χ1) is 13.6. The topological polar surface area (TPSA) is 32.3 Å². The number of carbonyl (C=O) groups excluding carboxylic acids is 1. The predicted molar refractivity (Wildman–Crippen MR) is 115 cm³/mol. The van der Waals surface area contributed by atoms with E-state index < -0.39 is 0 Å². The van der Waals surface area contributed by atoms with E-state index in [-0.39, 0.29) is 17.6 Å². The fraction of sp³-hybridized carbons (Fsp3) is 0.409. The summed E-state index contributed by atoms with van der Waals surface area (Å²) in [5, 5.41) is 3.84. The number of nitrogens with zero attached hydrogens (tertiary/aromatic N) is 1. The summed E-state index contributed by atoms with van der Waals surface area (Å²) in [5.74, 6) is 1.86. The Morgan fingerprint density at radius 2 is 1.89 bits per heavy atom. The molecule has 1 N–H and O–H groups in total. The molecule has 0 spiro atoms. The molecule has 1 heterocycles. The second kappa shape index (κ2) is 10.8. The van der Waals surface area contributed by atoms with Gasteiger partial charge in [0.1, 0.15) is 5.82 Å². The summed E-state index contributed by atoms with van der Waals surface area (Å²) in [5.41, 5.74) is 2.32. The number of rotatable bonds is 8. The van der Waals surface area contributed by atoms with E-state index in [9.17, 15) is 9.18 Å². The lowest BCUT2D eigenvalue weighted by atomic mass is 9.95. The van der Waals surface area contributed by atoms with E-state index in [1.54, 1.807) is 11.8 Å². The van der Waals surface area contributed by atoms with Crippen LogP contribution in [-0.4, -0.2) is 36.2 Å². The highest BCUT2D eigenvalue weighted by Crippen LogP contribution is 2.20. The maximum Gasteiger partial charge on any atom is 0.223 e. The van der Waals surface area contributed by atoms with E-state index in [0.29, 0.717) is 6.54 Å². The molecule has 1 aliphatic heterocycles. The molecule has 0 aromatic heterocycles. The summed E-state index contributed by atoms with van der Waals surface area (Å²) in [6.45, 7) is 3.31. The number of likely N-dealkylation sites (tertiary alicyclic amines) is 1. The zero-order valence-electron chi connectivity index (χ0n) is 15.9. The van der Waals surface area contributed by atoms with Crippen LogP contribution >= 0.6 is 23.4 Å². The monoisotopic (exact) mass is 420 g/mol. The molecule has 0 saturated carbocycles. The third kappa shape index (κ3) is 6.80. The Morgan fingerprint density at radius 3 is 2.61 bits per heavy atom. The van der Waals surface area contributed by atoms with Crippen molar-refractivity contribution in [3.63, 3.8) is 0 Å². The number of piperidine rings is 1. The minimum absolute atomic E-state index is 0.0994. The molecule has 3 nitrogen and oxygen atoms in total. The number of benzene rings is 2. The van der Waals surface area contributed by atoms with Crippen LogP contribution in [0.3, 0.4) is 0 Å². The molecule has 0 radical (unpaired) electrons. The van der Waals surface area contributed by atoms with Crippen molar-refractivity contribution in [2.75, 3.05) is 25.4 Å². The molecular formula is C22H26ClFN2OS. The molecule has 2 aromatic rings. The van der Waals surface area contributed by atoms with E-state index >= 15 is 0 Å². The van der Waals surface area contributed by atoms with E-state index in [2.05, 4.69) is 16.3 Å². The molecule has 0 bridgehead atoms. The second-order valence-corrected chi connectivity index (χ2v) is 8.69. The van der Waals surface area contributed by atoms with Crippen LogP contribution in [0.5, 0.6) is 0 Å². The van der Waals surface area contributed by atoms with Crippen LogP contribution in [0.25, 0.3) is 0 Å². The zero-order valence-corrected chi connectivity index (χ0v) is 17.4. The molecule has 1 fully saturated rings. The highest BCUT2D eigenvalue weighted by Gasteiger charge is 2.24. The largest absolute Gasteiger partial charge is 0.355 e. The van der Waals surface area contributed by atoms with Crippen molar-refractivity contribution in [3.05, 3.63) is 70.5 Å². The Morgan fingerprint density at radius 1 is 1.14 bits per heavy atom. The normalized spacial score (nSPS) is 15.5. The minimum Gasteiger partial charge on any atom is -0.355 e. The van der Waals surface area contributed by atoms with Gasteiger partial charge < -0.3 is 5.32 Å². The van der Waals surface area contributed by atoms with Crippen LogP contribution in [-0.2, 0) is 17.1 Å². The second-order valence-electron chi connectivity index (χ2n) is 7.15. The van der Waals surface area contributed by atoms with Crippen molar-refractivity contribution >= 4 is 29.3 Å². The van der Waals surface area contributed by atoms with Crippen molar-refractivity contribution in [1.82, 2.24) is 10.2 Å². The predicted octanol–water partition coefficient (Wildman–Crippen LogP) is 4.74. The van der Waals surface area contributed by atoms with Crippen LogP contribution < -0.4 is 5.32 Å². The Balaban J connectivity index is 1.30. The quantitative estimate of drug-likeness (QED) is 0.626. The molecule has 150 valence electrons. The van der Waals surface area contributed by atoms with Crippen molar-refractivity contribution in [2.45, 2.75) is 25.1 Å². The molecule has 3 rings (SSSR count). The van der Waals surface area contributed by atoms with Crippen LogP contribution in [0.15, 0.2) is 48.5 Å². The van der Waals surface area contributed by atoms with Gasteiger partial charge in [0.2, 0.25) is 5.91 Å². The molecular weight excluding hydrogens is 395 g/mol. The summed E-state index contributed by atoms with van der Waals surface area (Å²) in [6.07, 6.45) is 1.76. The van der Waals surface area contributed by atoms with Gasteiger partial charge in [-0.1, -0.05) is 35.9 Å². The van der Waals surface area contributed by atoms with Crippen LogP contribution in [0.1, 0.15) is 24.0 Å². The molecule has 6 heteroatoms. The fourth-order valence-corrected chi connectivity index (χ4v) is 4.43. The van der Waals surface area contributed by atoms with Crippen LogP contribution in [0.2, 0.25) is 5.02 Å². The number of carbonyl (C=O) groups is 1. The molecule has 0 aliphatic carbocycles. The van der Waals surface area contributed by atoms with Gasteiger partial charge >= 0.3 is 0 Å². The van der Waals surface area contributed by atoms with Gasteiger partial charge in [-0.3, -0.25) is 9.69 Å². The van der Waals surface area contributed by atoms with Gasteiger partial charge in [0.25, 0.3) is 0 Å². The number of halogens is 2. The molecule has 0 unspecified atom stereocenters. The summed E-state index contributed by atoms with van der Waals surface area (Å²) < 4.78 is 13.0. The first kappa shape index (κ1) is 21.2. The van der Waals surface area contributed by atoms with E-state index in [1.165, 1.54) is 17.7 Å². The fourth-order valence-electron chi connectivity index (χ4n) is 3.41. The van der Waals surface area contributed by atoms with Crippen LogP contribution in [0.4, 0.5) is 4.39 Å². The smallest absolute Gasteiger partial charge is 0.223 e. The summed E-state index contributed by atoms with van der Waals surface area (Å²) in [6, 6.07) is 14.5. The van der Waals surface area contributed by atoms with E-state index in [4.69, 9.17) is 11.6 Å². The summed E-state index contributed by atoms with van der Waals surface area (Å²) >= 11 is 7.79. The highest BCUT2D eigenvalue weighted by molar-refractivity contribution is 7.98. The molecule has 1 amide bonds. The molecule has 28 heavy (non-hydrogen) atoms. The first-order valence-corrected chi connectivity index (χ1v) is 11.2. The van der Waals surface area contributed by atoms with Crippen molar-refractivity contribution in [3.8, 4) is 0 Å². The average molecular weight is 421 g/mol. The van der Waals surface area contributed by atoms with Gasteiger partial charge in [0.05, 0.1) is 0 Å². The standard InChI is InChI=1S/C22H26ClFN2OS/c23-20-3-1-2-18(14-20)16-28-13-10-25-22(27)19-8-11-26(12-9-19)15-17-4-6-21(24)7-5-17/h1-7,14,19H,8-13,15-16H2,(H,25,27). The van der Waals surface area contributed by atoms with Gasteiger partial charge in [-0.05, 0) is 61.3 Å². The van der Waals surface area contributed by atoms with E-state index in [0.717, 1.165) is 54.6 Å². The Labute approximate surface area is 175 Å². The number of amides is 1. The molecule has 0 atom stereocenters. The maximum absolute atomic E-state index is 13.0. The number of hydrogen-bond donors (Lipinski definition) is 1. The zero-order chi connectivity index (χ0) is 19.8. The van der Waals surface area contributed by atoms with Crippen molar-refractivity contribution in [1.29, 1.82) is 0 Å². The highest BCUT2D eigenvalue weighted by atomic mass is 35.5. The van der Waals surface area contributed by atoms with Gasteiger partial charge in [0.15, 0.2) is 0 Å². The lowest BCUT2D eigenvalue weighted by molar-refractivity contribution is -0.126. The Kier molecular flexibility index (Phi) is 8.19. The molecule has 2 aromatic carbocycles. The van der Waals surface area contributed by atoms with E-state index in [1.807, 2.05) is 30.3 Å². The lowest BCUT2D eigenvalue weighted by Crippen LogP contribution is -2.40. The Bertz CT molecular complexity index is 763. The minimum atomic E-state index is -0.204. The number of hydrogen-bond acceptors (Lipinski definition) is 3. The van der Waals surface area contributed by atoms with Gasteiger partial charge in [-0.15, -0.1) is 0 Å². The average Bonchev–Trinajstić information content (AvgIpc) is 2.70. The van der Waals surface area contributed by atoms with Crippen molar-refractivity contribution < 1.29 is 9.18 Å². The molecule has 1 aliphatic rings. The summed E-state index contributed by atoms with van der Waals surface area (Å²) in [4.78, 5) is 14.7. The summed E-state index contributed by atoms with van der Waals surface area (Å²) in [7, 11) is 0. The third-order valence-electron chi connectivity index (χ3n) is 4.98. The van der Waals surface area contributed by atoms with Gasteiger partial charge in [-0.25, -0.2) is 4.39 Å². The molecule has 1 saturated heterocycles. The first-order valence-electron chi connectivity index (χ1n) is 9.67. The lowest BCUT2D eigenvalue weighted by Gasteiger charge is -2.31. The SMILES string of the molecule is O=C(NCCSCc1cccc(Cl)c1)C1CCN(Cc2ccc(F)cc2)CC1. The maximum atomic E-state index is 13.0. The Hall–Kier alpha value is -1.56.